The Morgan fingerprint density at radius 3 is 1.84 bits per heavy atom. The Balaban J connectivity index is 1.69. The third-order valence-corrected chi connectivity index (χ3v) is 7.20. The van der Waals surface area contributed by atoms with Crippen LogP contribution in [0.15, 0.2) is 122 Å². The Labute approximate surface area is 248 Å². The summed E-state index contributed by atoms with van der Waals surface area (Å²) in [5.41, 5.74) is 2.73. The monoisotopic (exact) mass is 571 g/mol. The van der Waals surface area contributed by atoms with Gasteiger partial charge in [-0.05, 0) is 43.5 Å². The molecule has 9 heteroatoms. The van der Waals surface area contributed by atoms with Crippen LogP contribution in [0.25, 0.3) is 22.2 Å². The zero-order valence-electron chi connectivity index (χ0n) is 23.9. The molecule has 6 rings (SSSR count). The van der Waals surface area contributed by atoms with E-state index in [2.05, 4.69) is 41.5 Å². The molecule has 0 atom stereocenters. The number of ether oxygens (including phenoxy) is 1. The molecule has 6 aromatic rings. The Kier molecular flexibility index (Phi) is 6.85. The van der Waals surface area contributed by atoms with Crippen molar-refractivity contribution >= 4 is 22.7 Å². The van der Waals surface area contributed by atoms with Crippen molar-refractivity contribution < 1.29 is 14.5 Å². The molecule has 214 valence electrons. The van der Waals surface area contributed by atoms with Crippen LogP contribution in [0.2, 0.25) is 0 Å². The lowest BCUT2D eigenvalue weighted by Crippen LogP contribution is -2.38. The predicted octanol–water partition coefficient (Wildman–Crippen LogP) is 7.43. The summed E-state index contributed by atoms with van der Waals surface area (Å²) in [6.45, 7) is 5.33. The van der Waals surface area contributed by atoms with Crippen molar-refractivity contribution in [2.75, 3.05) is 0 Å². The van der Waals surface area contributed by atoms with E-state index in [1.54, 1.807) is 26.8 Å². The molecule has 0 bridgehead atoms. The number of nitro benzene ring substituents is 1. The Morgan fingerprint density at radius 2 is 1.35 bits per heavy atom. The van der Waals surface area contributed by atoms with Crippen LogP contribution < -0.4 is 0 Å². The number of hydrogen-bond donors (Lipinski definition) is 0. The molecule has 2 aromatic heterocycles. The number of aromatic nitrogens is 4. The summed E-state index contributed by atoms with van der Waals surface area (Å²) in [5.74, 6) is 0. The molecule has 0 saturated heterocycles. The second-order valence-electron chi connectivity index (χ2n) is 11.2. The maximum atomic E-state index is 12.8. The smallest absolute Gasteiger partial charge is 0.435 e. The predicted molar refractivity (Wildman–Crippen MR) is 164 cm³/mol. The quantitative estimate of drug-likeness (QED) is 0.117. The van der Waals surface area contributed by atoms with Crippen LogP contribution in [0.3, 0.4) is 0 Å². The maximum absolute atomic E-state index is 12.8. The van der Waals surface area contributed by atoms with Gasteiger partial charge >= 0.3 is 6.09 Å². The van der Waals surface area contributed by atoms with Crippen LogP contribution in [0.1, 0.15) is 37.5 Å². The van der Waals surface area contributed by atoms with Crippen LogP contribution in [0, 0.1) is 10.1 Å². The molecule has 0 fully saturated rings. The highest BCUT2D eigenvalue weighted by Gasteiger charge is 2.41. The lowest BCUT2D eigenvalue weighted by atomic mass is 9.77. The molecule has 4 aromatic carbocycles. The van der Waals surface area contributed by atoms with Gasteiger partial charge in [-0.15, -0.1) is 0 Å². The van der Waals surface area contributed by atoms with Gasteiger partial charge in [0.05, 0.1) is 16.6 Å². The Morgan fingerprint density at radius 1 is 0.814 bits per heavy atom. The number of non-ortho nitro benzene ring substituents is 1. The molecule has 0 aliphatic rings. The molecular formula is C34H29N5O4. The molecule has 0 radical (unpaired) electrons. The van der Waals surface area contributed by atoms with Crippen molar-refractivity contribution in [3.05, 3.63) is 148 Å². The van der Waals surface area contributed by atoms with Crippen LogP contribution in [-0.4, -0.2) is 36.2 Å². The van der Waals surface area contributed by atoms with Gasteiger partial charge in [-0.3, -0.25) is 10.1 Å². The highest BCUT2D eigenvalue weighted by Crippen LogP contribution is 2.44. The third-order valence-electron chi connectivity index (χ3n) is 7.20. The van der Waals surface area contributed by atoms with Crippen molar-refractivity contribution in [2.45, 2.75) is 31.9 Å². The average Bonchev–Trinajstić information content (AvgIpc) is 3.64. The number of fused-ring (bicyclic) bond motifs is 1. The standard InChI is InChI=1S/C34H29N5O4/c1-33(2,3)43-32(40)37-23-24(22-35-37)31-29-21-28(39(41)42)19-20-30(29)38(36-31)34(25-13-7-4-8-14-25,26-15-9-5-10-16-26)27-17-11-6-12-18-27/h4-23H,1-3H3. The molecule has 0 saturated carbocycles. The van der Waals surface area contributed by atoms with Crippen molar-refractivity contribution in [1.29, 1.82) is 0 Å². The van der Waals surface area contributed by atoms with E-state index in [-0.39, 0.29) is 5.69 Å². The molecule has 9 nitrogen and oxygen atoms in total. The highest BCUT2D eigenvalue weighted by atomic mass is 16.6. The first-order valence-corrected chi connectivity index (χ1v) is 13.8. The molecule has 0 spiro atoms. The molecule has 2 heterocycles. The van der Waals surface area contributed by atoms with Crippen LogP contribution in [0.4, 0.5) is 10.5 Å². The minimum Gasteiger partial charge on any atom is -0.442 e. The number of carbonyl (C=O) groups excluding carboxylic acids is 1. The van der Waals surface area contributed by atoms with Crippen molar-refractivity contribution in [3.63, 3.8) is 0 Å². The summed E-state index contributed by atoms with van der Waals surface area (Å²) >= 11 is 0. The fraction of sp³-hybridized carbons (Fsp3) is 0.147. The van der Waals surface area contributed by atoms with E-state index in [1.165, 1.54) is 24.5 Å². The largest absolute Gasteiger partial charge is 0.442 e. The molecular weight excluding hydrogens is 542 g/mol. The Bertz CT molecular complexity index is 1830. The summed E-state index contributed by atoms with van der Waals surface area (Å²) in [6, 6.07) is 34.9. The van der Waals surface area contributed by atoms with Crippen LogP contribution >= 0.6 is 0 Å². The second-order valence-corrected chi connectivity index (χ2v) is 11.2. The number of benzene rings is 4. The molecule has 0 aliphatic heterocycles. The number of nitrogens with zero attached hydrogens (tertiary/aromatic N) is 5. The minimum atomic E-state index is -0.961. The summed E-state index contributed by atoms with van der Waals surface area (Å²) in [6.07, 6.45) is 2.42. The van der Waals surface area contributed by atoms with Crippen molar-refractivity contribution in [1.82, 2.24) is 19.6 Å². The van der Waals surface area contributed by atoms with E-state index in [1.807, 2.05) is 59.3 Å². The highest BCUT2D eigenvalue weighted by molar-refractivity contribution is 5.95. The summed E-state index contributed by atoms with van der Waals surface area (Å²) in [5, 5.41) is 21.9. The summed E-state index contributed by atoms with van der Waals surface area (Å²) in [7, 11) is 0. The lowest BCUT2D eigenvalue weighted by Gasteiger charge is -2.37. The van der Waals surface area contributed by atoms with Crippen LogP contribution in [0.5, 0.6) is 0 Å². The number of carbonyl (C=O) groups is 1. The topological polar surface area (TPSA) is 105 Å². The van der Waals surface area contributed by atoms with Gasteiger partial charge in [0.2, 0.25) is 0 Å². The maximum Gasteiger partial charge on any atom is 0.435 e. The average molecular weight is 572 g/mol. The molecule has 0 N–H and O–H groups in total. The number of hydrogen-bond acceptors (Lipinski definition) is 6. The minimum absolute atomic E-state index is 0.0717. The SMILES string of the molecule is CC(C)(C)OC(=O)n1cc(-c2nn(C(c3ccccc3)(c3ccccc3)c3ccccc3)c3ccc([N+](=O)[O-])cc23)cn1. The fourth-order valence-electron chi connectivity index (χ4n) is 5.45. The zero-order chi connectivity index (χ0) is 30.2. The van der Waals surface area contributed by atoms with Crippen LogP contribution in [-0.2, 0) is 10.3 Å². The fourth-order valence-corrected chi connectivity index (χ4v) is 5.45. The van der Waals surface area contributed by atoms with Gasteiger partial charge in [-0.25, -0.2) is 9.48 Å². The van der Waals surface area contributed by atoms with E-state index in [0.29, 0.717) is 22.2 Å². The van der Waals surface area contributed by atoms with Gasteiger partial charge in [-0.1, -0.05) is 91.0 Å². The van der Waals surface area contributed by atoms with Gasteiger partial charge in [0, 0.05) is 29.3 Å². The summed E-state index contributed by atoms with van der Waals surface area (Å²) < 4.78 is 8.53. The number of rotatable bonds is 6. The van der Waals surface area contributed by atoms with Gasteiger partial charge in [-0.2, -0.15) is 14.9 Å². The lowest BCUT2D eigenvalue weighted by molar-refractivity contribution is -0.384. The second kappa shape index (κ2) is 10.7. The molecule has 0 amide bonds. The first-order chi connectivity index (χ1) is 20.7. The molecule has 43 heavy (non-hydrogen) atoms. The zero-order valence-corrected chi connectivity index (χ0v) is 23.9. The first kappa shape index (κ1) is 27.6. The molecule has 0 aliphatic carbocycles. The van der Waals surface area contributed by atoms with E-state index >= 15 is 0 Å². The Hall–Kier alpha value is -5.57. The number of nitro groups is 1. The van der Waals surface area contributed by atoms with E-state index < -0.39 is 22.2 Å². The van der Waals surface area contributed by atoms with E-state index in [9.17, 15) is 14.9 Å². The van der Waals surface area contributed by atoms with Crippen molar-refractivity contribution in [2.24, 2.45) is 0 Å². The van der Waals surface area contributed by atoms with Crippen molar-refractivity contribution in [3.8, 4) is 11.3 Å². The third kappa shape index (κ3) is 4.95. The van der Waals surface area contributed by atoms with Gasteiger partial charge in [0.25, 0.3) is 5.69 Å². The normalized spacial score (nSPS) is 11.9. The summed E-state index contributed by atoms with van der Waals surface area (Å²) in [4.78, 5) is 24.3. The van der Waals surface area contributed by atoms with Gasteiger partial charge in [0.1, 0.15) is 16.8 Å². The first-order valence-electron chi connectivity index (χ1n) is 13.8. The molecule has 0 unspecified atom stereocenters. The van der Waals surface area contributed by atoms with E-state index in [4.69, 9.17) is 9.84 Å². The van der Waals surface area contributed by atoms with Gasteiger partial charge < -0.3 is 4.74 Å². The van der Waals surface area contributed by atoms with E-state index in [0.717, 1.165) is 21.4 Å². The van der Waals surface area contributed by atoms with Gasteiger partial charge in [0.15, 0.2) is 0 Å².